The number of amides is 1. The first-order valence-electron chi connectivity index (χ1n) is 10.4. The highest BCUT2D eigenvalue weighted by Gasteiger charge is 2.26. The second-order valence-electron chi connectivity index (χ2n) is 7.31. The van der Waals surface area contributed by atoms with E-state index in [1.807, 2.05) is 4.90 Å². The van der Waals surface area contributed by atoms with Crippen molar-refractivity contribution < 1.29 is 13.9 Å². The number of hydrogen-bond acceptors (Lipinski definition) is 5. The van der Waals surface area contributed by atoms with Crippen molar-refractivity contribution in [2.45, 2.75) is 39.5 Å². The molecule has 1 aliphatic heterocycles. The van der Waals surface area contributed by atoms with Gasteiger partial charge in [0.1, 0.15) is 12.1 Å². The highest BCUT2D eigenvalue weighted by molar-refractivity contribution is 5.79. The van der Waals surface area contributed by atoms with Crippen LogP contribution in [-0.2, 0) is 4.79 Å². The molecule has 0 aliphatic carbocycles. The maximum Gasteiger partial charge on any atom is 0.225 e. The Hall–Kier alpha value is -2.70. The third kappa shape index (κ3) is 5.43. The minimum atomic E-state index is -0.437. The lowest BCUT2D eigenvalue weighted by molar-refractivity contribution is -0.136. The molecule has 0 saturated carbocycles. The fourth-order valence-corrected chi connectivity index (χ4v) is 3.57. The summed E-state index contributed by atoms with van der Waals surface area (Å²) in [6.45, 7) is 7.00. The Morgan fingerprint density at radius 3 is 2.62 bits per heavy atom. The van der Waals surface area contributed by atoms with E-state index in [0.29, 0.717) is 32.1 Å². The van der Waals surface area contributed by atoms with Gasteiger partial charge in [0.2, 0.25) is 11.8 Å². The predicted octanol–water partition coefficient (Wildman–Crippen LogP) is 4.27. The van der Waals surface area contributed by atoms with E-state index in [0.717, 1.165) is 31.5 Å². The van der Waals surface area contributed by atoms with E-state index in [9.17, 15) is 9.18 Å². The van der Waals surface area contributed by atoms with E-state index >= 15 is 0 Å². The number of benzene rings is 1. The summed E-state index contributed by atoms with van der Waals surface area (Å²) < 4.78 is 19.4. The van der Waals surface area contributed by atoms with Crippen molar-refractivity contribution in [1.82, 2.24) is 14.9 Å². The molecule has 0 bridgehead atoms. The molecule has 1 saturated heterocycles. The number of unbranched alkanes of at least 4 members (excludes halogenated alkanes) is 1. The number of nitrogens with zero attached hydrogens (tertiary/aromatic N) is 4. The van der Waals surface area contributed by atoms with Gasteiger partial charge >= 0.3 is 0 Å². The number of piperazine rings is 1. The van der Waals surface area contributed by atoms with Gasteiger partial charge in [-0.05, 0) is 25.0 Å². The molecule has 0 spiro atoms. The monoisotopic (exact) mass is 400 g/mol. The van der Waals surface area contributed by atoms with Crippen LogP contribution in [0.3, 0.4) is 0 Å². The number of ether oxygens (including phenoxy) is 1. The molecule has 3 rings (SSSR count). The van der Waals surface area contributed by atoms with Crippen LogP contribution in [-0.4, -0.2) is 47.0 Å². The minimum Gasteiger partial charge on any atom is -0.436 e. The Kier molecular flexibility index (Phi) is 7.38. The summed E-state index contributed by atoms with van der Waals surface area (Å²) in [5.74, 6) is 1.10. The third-order valence-electron chi connectivity index (χ3n) is 5.34. The maximum atomic E-state index is 13.8. The number of anilines is 1. The van der Waals surface area contributed by atoms with Gasteiger partial charge in [-0.15, -0.1) is 0 Å². The van der Waals surface area contributed by atoms with Crippen molar-refractivity contribution >= 4 is 11.7 Å². The van der Waals surface area contributed by atoms with Gasteiger partial charge in [0.15, 0.2) is 11.6 Å². The maximum absolute atomic E-state index is 13.8. The molecule has 1 aliphatic rings. The number of rotatable bonds is 8. The zero-order chi connectivity index (χ0) is 20.6. The average Bonchev–Trinajstić information content (AvgIpc) is 2.76. The third-order valence-corrected chi connectivity index (χ3v) is 5.34. The molecule has 1 atom stereocenters. The Labute approximate surface area is 171 Å². The average molecular weight is 400 g/mol. The summed E-state index contributed by atoms with van der Waals surface area (Å²) in [6, 6.07) is 7.93. The molecule has 0 unspecified atom stereocenters. The molecule has 1 aromatic carbocycles. The largest absolute Gasteiger partial charge is 0.436 e. The second-order valence-corrected chi connectivity index (χ2v) is 7.31. The Morgan fingerprint density at radius 2 is 1.93 bits per heavy atom. The second kappa shape index (κ2) is 10.2. The summed E-state index contributed by atoms with van der Waals surface area (Å²) in [5, 5.41) is 0. The first kappa shape index (κ1) is 21.0. The van der Waals surface area contributed by atoms with Gasteiger partial charge in [0.05, 0.1) is 0 Å². The summed E-state index contributed by atoms with van der Waals surface area (Å²) in [5.41, 5.74) is 0. The van der Waals surface area contributed by atoms with Gasteiger partial charge in [-0.3, -0.25) is 4.79 Å². The van der Waals surface area contributed by atoms with Gasteiger partial charge in [0.25, 0.3) is 0 Å². The summed E-state index contributed by atoms with van der Waals surface area (Å²) in [6.07, 6.45) is 5.48. The fraction of sp³-hybridized carbons (Fsp3) is 0.500. The zero-order valence-electron chi connectivity index (χ0n) is 17.2. The molecule has 1 aromatic heterocycles. The van der Waals surface area contributed by atoms with Crippen LogP contribution in [0.2, 0.25) is 0 Å². The highest BCUT2D eigenvalue weighted by Crippen LogP contribution is 2.25. The van der Waals surface area contributed by atoms with E-state index < -0.39 is 5.82 Å². The number of aromatic nitrogens is 2. The van der Waals surface area contributed by atoms with Crippen LogP contribution < -0.4 is 9.64 Å². The number of carbonyl (C=O) groups is 1. The molecule has 7 heteroatoms. The van der Waals surface area contributed by atoms with Crippen LogP contribution in [0.5, 0.6) is 11.6 Å². The lowest BCUT2D eigenvalue weighted by atomic mass is 9.97. The van der Waals surface area contributed by atoms with E-state index in [4.69, 9.17) is 4.74 Å². The molecule has 2 aromatic rings. The number of para-hydroxylation sites is 1. The highest BCUT2D eigenvalue weighted by atomic mass is 19.1. The van der Waals surface area contributed by atoms with Crippen LogP contribution in [0.25, 0.3) is 0 Å². The lowest BCUT2D eigenvalue weighted by Crippen LogP contribution is -2.50. The minimum absolute atomic E-state index is 0.126. The van der Waals surface area contributed by atoms with Crippen LogP contribution in [0.4, 0.5) is 10.2 Å². The Bertz CT molecular complexity index is 809. The first-order chi connectivity index (χ1) is 14.1. The van der Waals surface area contributed by atoms with Crippen LogP contribution in [0.15, 0.2) is 36.7 Å². The summed E-state index contributed by atoms with van der Waals surface area (Å²) in [7, 11) is 0. The normalized spacial score (nSPS) is 15.3. The Balaban J connectivity index is 1.59. The number of carbonyl (C=O) groups excluding carboxylic acids is 1. The molecular weight excluding hydrogens is 371 g/mol. The molecule has 29 heavy (non-hydrogen) atoms. The first-order valence-corrected chi connectivity index (χ1v) is 10.4. The molecule has 0 N–H and O–H groups in total. The van der Waals surface area contributed by atoms with Gasteiger partial charge in [-0.25, -0.2) is 14.4 Å². The van der Waals surface area contributed by atoms with Crippen molar-refractivity contribution in [2.24, 2.45) is 5.92 Å². The fourth-order valence-electron chi connectivity index (χ4n) is 3.57. The van der Waals surface area contributed by atoms with Gasteiger partial charge in [0, 0.05) is 38.2 Å². The van der Waals surface area contributed by atoms with Crippen molar-refractivity contribution in [1.29, 1.82) is 0 Å². The van der Waals surface area contributed by atoms with E-state index in [1.54, 1.807) is 24.3 Å². The van der Waals surface area contributed by atoms with Crippen molar-refractivity contribution in [3.05, 3.63) is 42.5 Å². The van der Waals surface area contributed by atoms with Crippen LogP contribution in [0, 0.1) is 11.7 Å². The van der Waals surface area contributed by atoms with E-state index in [-0.39, 0.29) is 17.6 Å². The van der Waals surface area contributed by atoms with E-state index in [1.165, 1.54) is 12.4 Å². The number of hydrogen-bond donors (Lipinski definition) is 0. The van der Waals surface area contributed by atoms with Gasteiger partial charge in [-0.2, -0.15) is 0 Å². The smallest absolute Gasteiger partial charge is 0.225 e. The quantitative estimate of drug-likeness (QED) is 0.662. The van der Waals surface area contributed by atoms with Crippen LogP contribution in [0.1, 0.15) is 39.5 Å². The zero-order valence-corrected chi connectivity index (χ0v) is 17.2. The SMILES string of the molecule is CCCC[C@H](CC)C(=O)N1CCN(c2cc(Oc3ccccc3F)ncn2)CC1. The topological polar surface area (TPSA) is 58.6 Å². The summed E-state index contributed by atoms with van der Waals surface area (Å²) in [4.78, 5) is 25.3. The predicted molar refractivity (Wildman–Crippen MR) is 111 cm³/mol. The molecule has 1 amide bonds. The molecular formula is C22H29FN4O2. The van der Waals surface area contributed by atoms with Gasteiger partial charge < -0.3 is 14.5 Å². The number of halogens is 1. The lowest BCUT2D eigenvalue weighted by Gasteiger charge is -2.37. The van der Waals surface area contributed by atoms with Gasteiger partial charge in [-0.1, -0.05) is 38.8 Å². The van der Waals surface area contributed by atoms with Crippen LogP contribution >= 0.6 is 0 Å². The van der Waals surface area contributed by atoms with Crippen molar-refractivity contribution in [3.63, 3.8) is 0 Å². The molecule has 0 radical (unpaired) electrons. The standard InChI is InChI=1S/C22H29FN4O2/c1-3-5-8-17(4-2)22(28)27-13-11-26(12-14-27)20-15-21(25-16-24-20)29-19-10-7-6-9-18(19)23/h6-7,9-10,15-17H,3-5,8,11-14H2,1-2H3/t17-/m0/s1. The molecule has 156 valence electrons. The van der Waals surface area contributed by atoms with Crippen molar-refractivity contribution in [2.75, 3.05) is 31.1 Å². The van der Waals surface area contributed by atoms with E-state index in [2.05, 4.69) is 28.7 Å². The Morgan fingerprint density at radius 1 is 1.17 bits per heavy atom. The summed E-state index contributed by atoms with van der Waals surface area (Å²) >= 11 is 0. The molecule has 1 fully saturated rings. The van der Waals surface area contributed by atoms with Crippen molar-refractivity contribution in [3.8, 4) is 11.6 Å². The molecule has 6 nitrogen and oxygen atoms in total. The molecule has 2 heterocycles.